The highest BCUT2D eigenvalue weighted by molar-refractivity contribution is 5.83. The average molecular weight is 332 g/mol. The first-order chi connectivity index (χ1) is 11.5. The molecule has 24 heavy (non-hydrogen) atoms. The summed E-state index contributed by atoms with van der Waals surface area (Å²) in [5, 5.41) is 4.26. The highest BCUT2D eigenvalue weighted by Crippen LogP contribution is 2.22. The molecule has 5 nitrogen and oxygen atoms in total. The summed E-state index contributed by atoms with van der Waals surface area (Å²) in [6, 6.07) is 5.68. The molecule has 0 N–H and O–H groups in total. The molecule has 6 heteroatoms. The zero-order valence-electron chi connectivity index (χ0n) is 14.7. The summed E-state index contributed by atoms with van der Waals surface area (Å²) in [5.41, 5.74) is 1.79. The number of aromatic nitrogens is 2. The SMILES string of the molecule is CCN(Cc1cnn(CC)c1)C(=O)C(c1ccc(F)cc1)N(C)C. The molecular weight excluding hydrogens is 307 g/mol. The lowest BCUT2D eigenvalue weighted by Crippen LogP contribution is -2.40. The Morgan fingerprint density at radius 3 is 2.42 bits per heavy atom. The number of rotatable bonds is 7. The van der Waals surface area contributed by atoms with Gasteiger partial charge in [0.05, 0.1) is 6.20 Å². The highest BCUT2D eigenvalue weighted by atomic mass is 19.1. The van der Waals surface area contributed by atoms with Crippen LogP contribution < -0.4 is 0 Å². The second kappa shape index (κ2) is 8.06. The van der Waals surface area contributed by atoms with Crippen LogP contribution in [0.15, 0.2) is 36.7 Å². The number of likely N-dealkylation sites (N-methyl/N-ethyl adjacent to an activating group) is 2. The minimum atomic E-state index is -0.438. The van der Waals surface area contributed by atoms with E-state index in [1.54, 1.807) is 23.2 Å². The third kappa shape index (κ3) is 4.20. The molecule has 130 valence electrons. The van der Waals surface area contributed by atoms with Gasteiger partial charge in [-0.3, -0.25) is 14.4 Å². The van der Waals surface area contributed by atoms with Crippen molar-refractivity contribution in [3.63, 3.8) is 0 Å². The predicted octanol–water partition coefficient (Wildman–Crippen LogP) is 2.69. The fourth-order valence-corrected chi connectivity index (χ4v) is 2.71. The van der Waals surface area contributed by atoms with Crippen molar-refractivity contribution >= 4 is 5.91 Å². The summed E-state index contributed by atoms with van der Waals surface area (Å²) in [6.07, 6.45) is 3.75. The lowest BCUT2D eigenvalue weighted by molar-refractivity contribution is -0.136. The number of nitrogens with zero attached hydrogens (tertiary/aromatic N) is 4. The van der Waals surface area contributed by atoms with E-state index in [2.05, 4.69) is 5.10 Å². The van der Waals surface area contributed by atoms with E-state index in [4.69, 9.17) is 0 Å². The largest absolute Gasteiger partial charge is 0.337 e. The molecule has 0 fully saturated rings. The third-order valence-electron chi connectivity index (χ3n) is 4.01. The van der Waals surface area contributed by atoms with Crippen LogP contribution in [-0.2, 0) is 17.9 Å². The smallest absolute Gasteiger partial charge is 0.244 e. The number of halogens is 1. The second-order valence-electron chi connectivity index (χ2n) is 5.97. The summed E-state index contributed by atoms with van der Waals surface area (Å²) in [5.74, 6) is -0.304. The van der Waals surface area contributed by atoms with E-state index in [0.717, 1.165) is 17.7 Å². The Hall–Kier alpha value is -2.21. The van der Waals surface area contributed by atoms with Crippen LogP contribution in [-0.4, -0.2) is 46.1 Å². The predicted molar refractivity (Wildman–Crippen MR) is 91.8 cm³/mol. The van der Waals surface area contributed by atoms with Gasteiger partial charge >= 0.3 is 0 Å². The molecule has 1 aromatic carbocycles. The zero-order chi connectivity index (χ0) is 17.7. The normalized spacial score (nSPS) is 12.4. The summed E-state index contributed by atoms with van der Waals surface area (Å²) in [4.78, 5) is 16.7. The maximum absolute atomic E-state index is 13.2. The molecule has 0 spiro atoms. The van der Waals surface area contributed by atoms with Gasteiger partial charge in [0.1, 0.15) is 11.9 Å². The summed E-state index contributed by atoms with van der Waals surface area (Å²) < 4.78 is 15.0. The van der Waals surface area contributed by atoms with E-state index in [1.807, 2.05) is 43.7 Å². The van der Waals surface area contributed by atoms with Crippen LogP contribution in [0.4, 0.5) is 4.39 Å². The second-order valence-corrected chi connectivity index (χ2v) is 5.97. The monoisotopic (exact) mass is 332 g/mol. The van der Waals surface area contributed by atoms with Crippen molar-refractivity contribution in [1.82, 2.24) is 19.6 Å². The Bertz CT molecular complexity index is 666. The minimum Gasteiger partial charge on any atom is -0.337 e. The number of carbonyl (C=O) groups is 1. The van der Waals surface area contributed by atoms with Gasteiger partial charge in [-0.25, -0.2) is 4.39 Å². The maximum Gasteiger partial charge on any atom is 0.244 e. The van der Waals surface area contributed by atoms with Gasteiger partial charge in [-0.05, 0) is 45.6 Å². The Balaban J connectivity index is 2.21. The lowest BCUT2D eigenvalue weighted by atomic mass is 10.0. The Morgan fingerprint density at radius 2 is 1.92 bits per heavy atom. The van der Waals surface area contributed by atoms with Gasteiger partial charge in [0.25, 0.3) is 0 Å². The zero-order valence-corrected chi connectivity index (χ0v) is 14.7. The van der Waals surface area contributed by atoms with Gasteiger partial charge in [-0.15, -0.1) is 0 Å². The molecule has 0 saturated heterocycles. The summed E-state index contributed by atoms with van der Waals surface area (Å²) in [6.45, 7) is 5.90. The highest BCUT2D eigenvalue weighted by Gasteiger charge is 2.27. The van der Waals surface area contributed by atoms with E-state index in [9.17, 15) is 9.18 Å². The van der Waals surface area contributed by atoms with Gasteiger partial charge < -0.3 is 4.90 Å². The molecule has 0 aliphatic rings. The minimum absolute atomic E-state index is 0.00152. The fourth-order valence-electron chi connectivity index (χ4n) is 2.71. The van der Waals surface area contributed by atoms with E-state index < -0.39 is 6.04 Å². The van der Waals surface area contributed by atoms with Gasteiger partial charge in [0.2, 0.25) is 5.91 Å². The van der Waals surface area contributed by atoms with Crippen LogP contribution in [0.5, 0.6) is 0 Å². The van der Waals surface area contributed by atoms with Crippen LogP contribution in [0, 0.1) is 5.82 Å². The first-order valence-corrected chi connectivity index (χ1v) is 8.18. The van der Waals surface area contributed by atoms with Crippen molar-refractivity contribution in [3.8, 4) is 0 Å². The van der Waals surface area contributed by atoms with E-state index >= 15 is 0 Å². The Kier molecular flexibility index (Phi) is 6.09. The molecule has 2 aromatic rings. The third-order valence-corrected chi connectivity index (χ3v) is 4.01. The van der Waals surface area contributed by atoms with E-state index in [-0.39, 0.29) is 11.7 Å². The van der Waals surface area contributed by atoms with Crippen LogP contribution in [0.1, 0.15) is 31.0 Å². The first kappa shape index (κ1) is 18.1. The quantitative estimate of drug-likeness (QED) is 0.783. The van der Waals surface area contributed by atoms with E-state index in [0.29, 0.717) is 13.1 Å². The summed E-state index contributed by atoms with van der Waals surface area (Å²) in [7, 11) is 3.71. The van der Waals surface area contributed by atoms with Crippen LogP contribution >= 0.6 is 0 Å². The van der Waals surface area contributed by atoms with Crippen molar-refractivity contribution < 1.29 is 9.18 Å². The van der Waals surface area contributed by atoms with Gasteiger partial charge in [0, 0.05) is 31.4 Å². The molecule has 1 aromatic heterocycles. The number of hydrogen-bond donors (Lipinski definition) is 0. The standard InChI is InChI=1S/C18H25FN4O/c1-5-22(12-14-11-20-23(6-2)13-14)18(24)17(21(3)4)15-7-9-16(19)10-8-15/h7-11,13,17H,5-6,12H2,1-4H3. The Labute approximate surface area is 142 Å². The molecule has 0 radical (unpaired) electrons. The number of hydrogen-bond acceptors (Lipinski definition) is 3. The Morgan fingerprint density at radius 1 is 1.25 bits per heavy atom. The molecule has 2 rings (SSSR count). The molecule has 1 amide bonds. The number of benzene rings is 1. The van der Waals surface area contributed by atoms with Crippen LogP contribution in [0.25, 0.3) is 0 Å². The molecule has 1 heterocycles. The topological polar surface area (TPSA) is 41.4 Å². The summed E-state index contributed by atoms with van der Waals surface area (Å²) >= 11 is 0. The van der Waals surface area contributed by atoms with Crippen molar-refractivity contribution in [1.29, 1.82) is 0 Å². The number of aryl methyl sites for hydroxylation is 1. The van der Waals surface area contributed by atoms with Gasteiger partial charge in [-0.2, -0.15) is 5.10 Å². The van der Waals surface area contributed by atoms with Crippen molar-refractivity contribution in [2.24, 2.45) is 0 Å². The molecule has 0 aliphatic heterocycles. The van der Waals surface area contributed by atoms with Crippen molar-refractivity contribution in [2.45, 2.75) is 33.0 Å². The molecule has 1 atom stereocenters. The van der Waals surface area contributed by atoms with Crippen molar-refractivity contribution in [3.05, 3.63) is 53.6 Å². The average Bonchev–Trinajstić information content (AvgIpc) is 3.02. The molecule has 0 bridgehead atoms. The maximum atomic E-state index is 13.2. The van der Waals surface area contributed by atoms with Crippen LogP contribution in [0.2, 0.25) is 0 Å². The molecule has 1 unspecified atom stereocenters. The number of amides is 1. The molecule has 0 aliphatic carbocycles. The van der Waals surface area contributed by atoms with Gasteiger partial charge in [0.15, 0.2) is 0 Å². The number of carbonyl (C=O) groups excluding carboxylic acids is 1. The fraction of sp³-hybridized carbons (Fsp3) is 0.444. The van der Waals surface area contributed by atoms with Crippen molar-refractivity contribution in [2.75, 3.05) is 20.6 Å². The van der Waals surface area contributed by atoms with Gasteiger partial charge in [-0.1, -0.05) is 12.1 Å². The molecular formula is C18H25FN4O. The van der Waals surface area contributed by atoms with E-state index in [1.165, 1.54) is 12.1 Å². The van der Waals surface area contributed by atoms with Crippen LogP contribution in [0.3, 0.4) is 0 Å². The molecule has 0 saturated carbocycles. The lowest BCUT2D eigenvalue weighted by Gasteiger charge is -2.30. The first-order valence-electron chi connectivity index (χ1n) is 8.18.